The van der Waals surface area contributed by atoms with Crippen molar-refractivity contribution in [1.82, 2.24) is 20.4 Å². The monoisotopic (exact) mass is 386 g/mol. The van der Waals surface area contributed by atoms with Crippen molar-refractivity contribution in [3.8, 4) is 5.69 Å². The van der Waals surface area contributed by atoms with Crippen molar-refractivity contribution >= 4 is 17.6 Å². The number of hydrogen-bond acceptors (Lipinski definition) is 2. The van der Waals surface area contributed by atoms with E-state index in [1.165, 1.54) is 5.56 Å². The number of hydrogen-bond donors (Lipinski definition) is 2. The third kappa shape index (κ3) is 4.19. The summed E-state index contributed by atoms with van der Waals surface area (Å²) in [7, 11) is 0. The van der Waals surface area contributed by atoms with Gasteiger partial charge in [-0.15, -0.1) is 0 Å². The molecule has 1 aliphatic carbocycles. The Kier molecular flexibility index (Phi) is 5.61. The molecule has 0 fully saturated rings. The number of carbonyl (C=O) groups excluding carboxylic acids is 1. The number of allylic oxidation sites excluding steroid dienone is 1. The van der Waals surface area contributed by atoms with Gasteiger partial charge in [0.05, 0.1) is 11.4 Å². The molecule has 0 saturated heterocycles. The second-order valence-electron chi connectivity index (χ2n) is 7.54. The number of nitrogens with one attached hydrogen (secondary N) is 2. The molecule has 2 N–H and O–H groups in total. The van der Waals surface area contributed by atoms with Crippen molar-refractivity contribution < 1.29 is 4.79 Å². The molecule has 6 heteroatoms. The quantitative estimate of drug-likeness (QED) is 0.756. The number of carbonyl (C=O) groups is 1. The normalized spacial score (nSPS) is 18.9. The first-order valence-electron chi connectivity index (χ1n) is 9.34. The lowest BCUT2D eigenvalue weighted by molar-refractivity contribution is 0.236. The van der Waals surface area contributed by atoms with E-state index in [0.29, 0.717) is 0 Å². The van der Waals surface area contributed by atoms with Crippen LogP contribution in [-0.2, 0) is 0 Å². The number of nitrogens with zero attached hydrogens (tertiary/aromatic N) is 2. The Morgan fingerprint density at radius 1 is 1.26 bits per heavy atom. The van der Waals surface area contributed by atoms with Crippen molar-refractivity contribution in [2.24, 2.45) is 0 Å². The van der Waals surface area contributed by atoms with Gasteiger partial charge in [0.15, 0.2) is 0 Å². The lowest BCUT2D eigenvalue weighted by Crippen LogP contribution is -2.43. The Bertz CT molecular complexity index is 885. The van der Waals surface area contributed by atoms with E-state index >= 15 is 0 Å². The van der Waals surface area contributed by atoms with Gasteiger partial charge in [0, 0.05) is 34.3 Å². The predicted octanol–water partition coefficient (Wildman–Crippen LogP) is 4.57. The van der Waals surface area contributed by atoms with Gasteiger partial charge in [0.1, 0.15) is 0 Å². The molecular formula is C21H27ClN4O. The third-order valence-electron chi connectivity index (χ3n) is 4.94. The molecular weight excluding hydrogens is 360 g/mol. The summed E-state index contributed by atoms with van der Waals surface area (Å²) < 4.78 is 1.95. The Morgan fingerprint density at radius 2 is 2.00 bits per heavy atom. The summed E-state index contributed by atoms with van der Waals surface area (Å²) in [5, 5.41) is 11.4. The molecule has 0 spiro atoms. The maximum Gasteiger partial charge on any atom is 0.315 e. The summed E-state index contributed by atoms with van der Waals surface area (Å²) in [5.41, 5.74) is 5.34. The molecule has 0 bridgehead atoms. The maximum absolute atomic E-state index is 11.9. The second-order valence-corrected chi connectivity index (χ2v) is 7.94. The summed E-state index contributed by atoms with van der Waals surface area (Å²) >= 11 is 6.29. The van der Waals surface area contributed by atoms with Gasteiger partial charge in [0.25, 0.3) is 0 Å². The van der Waals surface area contributed by atoms with E-state index in [1.807, 2.05) is 50.6 Å². The van der Waals surface area contributed by atoms with Crippen LogP contribution in [0, 0.1) is 20.8 Å². The maximum atomic E-state index is 11.9. The zero-order valence-corrected chi connectivity index (χ0v) is 17.3. The Morgan fingerprint density at radius 3 is 2.67 bits per heavy atom. The van der Waals surface area contributed by atoms with E-state index in [1.54, 1.807) is 0 Å². The highest BCUT2D eigenvalue weighted by Gasteiger charge is 2.27. The molecule has 144 valence electrons. The SMILES string of the molecule is Cc1ccc(-n2nc(C)c([C@@H]3C=C[C@@H](NC(=O)NC(C)C)C3)c2C)cc1Cl. The summed E-state index contributed by atoms with van der Waals surface area (Å²) in [6.45, 7) is 10.0. The second kappa shape index (κ2) is 7.77. The van der Waals surface area contributed by atoms with Gasteiger partial charge >= 0.3 is 6.03 Å². The number of amides is 2. The highest BCUT2D eigenvalue weighted by atomic mass is 35.5. The molecule has 1 heterocycles. The molecule has 0 saturated carbocycles. The van der Waals surface area contributed by atoms with Crippen molar-refractivity contribution in [3.05, 3.63) is 57.9 Å². The molecule has 2 amide bonds. The number of benzene rings is 1. The zero-order valence-electron chi connectivity index (χ0n) is 16.5. The minimum atomic E-state index is -0.126. The zero-order chi connectivity index (χ0) is 19.7. The summed E-state index contributed by atoms with van der Waals surface area (Å²) in [6, 6.07) is 6.02. The van der Waals surface area contributed by atoms with Crippen molar-refractivity contribution in [2.45, 2.75) is 59.0 Å². The van der Waals surface area contributed by atoms with Crippen LogP contribution in [0.2, 0.25) is 5.02 Å². The largest absolute Gasteiger partial charge is 0.336 e. The summed E-state index contributed by atoms with van der Waals surface area (Å²) in [5.74, 6) is 0.240. The average Bonchev–Trinajstić information content (AvgIpc) is 3.13. The van der Waals surface area contributed by atoms with Gasteiger partial charge < -0.3 is 10.6 Å². The average molecular weight is 387 g/mol. The van der Waals surface area contributed by atoms with Gasteiger partial charge in [-0.05, 0) is 58.7 Å². The minimum absolute atomic E-state index is 0.0321. The third-order valence-corrected chi connectivity index (χ3v) is 5.35. The predicted molar refractivity (Wildman–Crippen MR) is 110 cm³/mol. The van der Waals surface area contributed by atoms with Gasteiger partial charge in [-0.3, -0.25) is 0 Å². The molecule has 3 rings (SSSR count). The highest BCUT2D eigenvalue weighted by molar-refractivity contribution is 6.31. The van der Waals surface area contributed by atoms with Gasteiger partial charge in [-0.1, -0.05) is 29.8 Å². The Labute approximate surface area is 165 Å². The molecule has 1 aromatic carbocycles. The van der Waals surface area contributed by atoms with Crippen LogP contribution in [0.4, 0.5) is 4.79 Å². The van der Waals surface area contributed by atoms with Crippen LogP contribution in [0.25, 0.3) is 5.69 Å². The number of rotatable bonds is 4. The molecule has 0 radical (unpaired) electrons. The lowest BCUT2D eigenvalue weighted by Gasteiger charge is -2.16. The molecule has 2 aromatic rings. The number of aromatic nitrogens is 2. The van der Waals surface area contributed by atoms with E-state index in [9.17, 15) is 4.79 Å². The molecule has 5 nitrogen and oxygen atoms in total. The lowest BCUT2D eigenvalue weighted by atomic mass is 9.96. The first-order valence-corrected chi connectivity index (χ1v) is 9.72. The first kappa shape index (κ1) is 19.5. The van der Waals surface area contributed by atoms with Crippen LogP contribution in [-0.4, -0.2) is 27.9 Å². The molecule has 1 aromatic heterocycles. The Hall–Kier alpha value is -2.27. The Balaban J connectivity index is 1.79. The van der Waals surface area contributed by atoms with Crippen LogP contribution in [0.15, 0.2) is 30.4 Å². The van der Waals surface area contributed by atoms with Crippen LogP contribution in [0.3, 0.4) is 0 Å². The van der Waals surface area contributed by atoms with Gasteiger partial charge in [-0.25, -0.2) is 9.48 Å². The first-order chi connectivity index (χ1) is 12.8. The van der Waals surface area contributed by atoms with Crippen molar-refractivity contribution in [1.29, 1.82) is 0 Å². The fourth-order valence-electron chi connectivity index (χ4n) is 3.65. The molecule has 0 unspecified atom stereocenters. The smallest absolute Gasteiger partial charge is 0.315 e. The summed E-state index contributed by atoms with van der Waals surface area (Å²) in [4.78, 5) is 11.9. The number of halogens is 1. The highest BCUT2D eigenvalue weighted by Crippen LogP contribution is 2.34. The van der Waals surface area contributed by atoms with Crippen molar-refractivity contribution in [2.75, 3.05) is 0 Å². The fraction of sp³-hybridized carbons (Fsp3) is 0.429. The molecule has 1 aliphatic rings. The van der Waals surface area contributed by atoms with E-state index in [4.69, 9.17) is 16.7 Å². The summed E-state index contributed by atoms with van der Waals surface area (Å²) in [6.07, 6.45) is 5.08. The van der Waals surface area contributed by atoms with Crippen molar-refractivity contribution in [3.63, 3.8) is 0 Å². The van der Waals surface area contributed by atoms with Crippen LogP contribution < -0.4 is 10.6 Å². The van der Waals surface area contributed by atoms with Gasteiger partial charge in [-0.2, -0.15) is 5.10 Å². The minimum Gasteiger partial charge on any atom is -0.336 e. The molecule has 0 aliphatic heterocycles. The van der Waals surface area contributed by atoms with Gasteiger partial charge in [0.2, 0.25) is 0 Å². The fourth-order valence-corrected chi connectivity index (χ4v) is 3.82. The van der Waals surface area contributed by atoms with Crippen LogP contribution in [0.1, 0.15) is 48.7 Å². The molecule has 27 heavy (non-hydrogen) atoms. The van der Waals surface area contributed by atoms with E-state index in [0.717, 1.165) is 34.1 Å². The van der Waals surface area contributed by atoms with E-state index in [2.05, 4.69) is 29.7 Å². The van der Waals surface area contributed by atoms with Crippen LogP contribution in [0.5, 0.6) is 0 Å². The topological polar surface area (TPSA) is 59.0 Å². The van der Waals surface area contributed by atoms with E-state index in [-0.39, 0.29) is 24.0 Å². The van der Waals surface area contributed by atoms with Crippen LogP contribution >= 0.6 is 11.6 Å². The molecule has 2 atom stereocenters. The number of aryl methyl sites for hydroxylation is 2. The standard InChI is InChI=1S/C21H27ClN4O/c1-12(2)23-21(27)24-17-8-7-16(10-17)20-14(4)25-26(15(20)5)18-9-6-13(3)19(22)11-18/h6-9,11-12,16-17H,10H2,1-5H3,(H2,23,24,27)/t16-,17-/m1/s1. The number of urea groups is 1. The van der Waals surface area contributed by atoms with E-state index < -0.39 is 0 Å².